The zero-order valence-corrected chi connectivity index (χ0v) is 17.2. The van der Waals surface area contributed by atoms with Crippen LogP contribution >= 0.6 is 0 Å². The molecule has 0 fully saturated rings. The fourth-order valence-electron chi connectivity index (χ4n) is 3.21. The van der Waals surface area contributed by atoms with E-state index in [0.717, 1.165) is 11.1 Å². The number of fused-ring (bicyclic) bond motifs is 1. The number of nitrogens with two attached hydrogens (primary N) is 2. The van der Waals surface area contributed by atoms with Gasteiger partial charge in [0.05, 0.1) is 5.39 Å². The van der Waals surface area contributed by atoms with Gasteiger partial charge in [-0.25, -0.2) is 14.4 Å². The van der Waals surface area contributed by atoms with Crippen LogP contribution in [0.3, 0.4) is 0 Å². The van der Waals surface area contributed by atoms with E-state index >= 15 is 0 Å². The molecule has 1 amide bonds. The van der Waals surface area contributed by atoms with Gasteiger partial charge in [-0.15, -0.1) is 6.42 Å². The number of rotatable bonds is 3. The number of terminal acetylenes is 1. The van der Waals surface area contributed by atoms with Gasteiger partial charge in [0.2, 0.25) is 0 Å². The molecule has 7 nitrogen and oxygen atoms in total. The van der Waals surface area contributed by atoms with E-state index in [1.807, 2.05) is 25.1 Å². The lowest BCUT2D eigenvalue weighted by Gasteiger charge is -2.14. The Labute approximate surface area is 183 Å². The topological polar surface area (TPSA) is 117 Å². The Morgan fingerprint density at radius 1 is 1.16 bits per heavy atom. The molecule has 8 heteroatoms. The lowest BCUT2D eigenvalue weighted by Crippen LogP contribution is -2.22. The van der Waals surface area contributed by atoms with Crippen LogP contribution in [0, 0.1) is 18.2 Å². The van der Waals surface area contributed by atoms with Crippen LogP contribution < -0.4 is 17.0 Å². The standard InChI is InChI=1S/C19H14FNO.C5H6N4O/c1-3-13-6-5-7-14-12-16(4-2)21(19(22)18(13)14)17-10-8-15(20)9-11-17;6-4-3(5(7)10)8-1-2-9-4/h1,5-12H,4H2,2H3;1-2H,(H2,6,9)(H2,7,10). The summed E-state index contributed by atoms with van der Waals surface area (Å²) in [5.74, 6) is 1.63. The Kier molecular flexibility index (Phi) is 6.61. The molecule has 2 heterocycles. The second-order valence-corrected chi connectivity index (χ2v) is 6.67. The van der Waals surface area contributed by atoms with E-state index in [1.54, 1.807) is 22.8 Å². The molecule has 2 aromatic carbocycles. The van der Waals surface area contributed by atoms with Crippen molar-refractivity contribution in [2.24, 2.45) is 5.73 Å². The molecule has 0 atom stereocenters. The molecule has 0 bridgehead atoms. The van der Waals surface area contributed by atoms with Crippen LogP contribution in [0.5, 0.6) is 0 Å². The van der Waals surface area contributed by atoms with Gasteiger partial charge in [0.1, 0.15) is 5.82 Å². The van der Waals surface area contributed by atoms with Crippen molar-refractivity contribution in [2.45, 2.75) is 13.3 Å². The van der Waals surface area contributed by atoms with E-state index in [9.17, 15) is 14.0 Å². The van der Waals surface area contributed by atoms with E-state index in [4.69, 9.17) is 17.9 Å². The number of carbonyl (C=O) groups is 1. The number of halogens is 1. The van der Waals surface area contributed by atoms with Gasteiger partial charge < -0.3 is 11.5 Å². The molecule has 0 saturated heterocycles. The molecule has 4 rings (SSSR count). The summed E-state index contributed by atoms with van der Waals surface area (Å²) in [5, 5.41) is 1.35. The maximum Gasteiger partial charge on any atom is 0.271 e. The molecule has 0 saturated carbocycles. The molecule has 2 aromatic heterocycles. The van der Waals surface area contributed by atoms with E-state index < -0.39 is 5.91 Å². The molecule has 4 aromatic rings. The highest BCUT2D eigenvalue weighted by atomic mass is 19.1. The highest BCUT2D eigenvalue weighted by molar-refractivity contribution is 5.94. The largest absolute Gasteiger partial charge is 0.382 e. The molecule has 0 unspecified atom stereocenters. The lowest BCUT2D eigenvalue weighted by molar-refractivity contribution is 0.0996. The van der Waals surface area contributed by atoms with Crippen LogP contribution in [0.1, 0.15) is 28.7 Å². The van der Waals surface area contributed by atoms with Crippen LogP contribution in [-0.2, 0) is 6.42 Å². The molecule has 0 aliphatic heterocycles. The number of nitrogen functional groups attached to an aromatic ring is 1. The average Bonchev–Trinajstić information content (AvgIpc) is 2.79. The second kappa shape index (κ2) is 9.53. The number of carbonyl (C=O) groups excluding carboxylic acids is 1. The molecule has 0 aliphatic carbocycles. The number of nitrogens with zero attached hydrogens (tertiary/aromatic N) is 3. The van der Waals surface area contributed by atoms with Gasteiger partial charge >= 0.3 is 0 Å². The molecule has 32 heavy (non-hydrogen) atoms. The first-order valence-electron chi connectivity index (χ1n) is 9.63. The maximum absolute atomic E-state index is 13.1. The number of aromatic nitrogens is 3. The number of hydrogen-bond acceptors (Lipinski definition) is 5. The third-order valence-corrected chi connectivity index (χ3v) is 4.69. The SMILES string of the molecule is C#Cc1cccc2cc(CC)n(-c3ccc(F)cc3)c(=O)c12.NC(=O)c1nccnc1N. The van der Waals surface area contributed by atoms with Crippen molar-refractivity contribution in [3.8, 4) is 18.0 Å². The van der Waals surface area contributed by atoms with Gasteiger partial charge in [0, 0.05) is 29.3 Å². The van der Waals surface area contributed by atoms with E-state index in [2.05, 4.69) is 15.9 Å². The fraction of sp³-hybridized carbons (Fsp3) is 0.0833. The van der Waals surface area contributed by atoms with Gasteiger partial charge in [0.25, 0.3) is 11.5 Å². The smallest absolute Gasteiger partial charge is 0.271 e. The Morgan fingerprint density at radius 3 is 2.41 bits per heavy atom. The van der Waals surface area contributed by atoms with Crippen LogP contribution in [0.2, 0.25) is 0 Å². The van der Waals surface area contributed by atoms with Gasteiger partial charge in [0.15, 0.2) is 11.5 Å². The molecular formula is C24H20FN5O2. The summed E-state index contributed by atoms with van der Waals surface area (Å²) >= 11 is 0. The van der Waals surface area contributed by atoms with Gasteiger partial charge in [-0.1, -0.05) is 25.0 Å². The van der Waals surface area contributed by atoms with Crippen LogP contribution in [0.4, 0.5) is 10.2 Å². The zero-order valence-electron chi connectivity index (χ0n) is 17.2. The summed E-state index contributed by atoms with van der Waals surface area (Å²) in [7, 11) is 0. The minimum absolute atomic E-state index is 0.0162. The van der Waals surface area contributed by atoms with Crippen LogP contribution in [0.25, 0.3) is 16.5 Å². The van der Waals surface area contributed by atoms with Crippen molar-refractivity contribution < 1.29 is 9.18 Å². The number of benzene rings is 2. The van der Waals surface area contributed by atoms with E-state index in [1.165, 1.54) is 24.5 Å². The molecule has 4 N–H and O–H groups in total. The van der Waals surface area contributed by atoms with Crippen molar-refractivity contribution in [1.29, 1.82) is 0 Å². The van der Waals surface area contributed by atoms with E-state index in [0.29, 0.717) is 23.1 Å². The third-order valence-electron chi connectivity index (χ3n) is 4.69. The number of aryl methyl sites for hydroxylation is 1. The number of amides is 1. The number of hydrogen-bond donors (Lipinski definition) is 2. The van der Waals surface area contributed by atoms with Gasteiger partial charge in [-0.05, 0) is 48.2 Å². The molecule has 0 spiro atoms. The fourth-order valence-corrected chi connectivity index (χ4v) is 3.21. The maximum atomic E-state index is 13.1. The minimum Gasteiger partial charge on any atom is -0.382 e. The molecule has 160 valence electrons. The Balaban J connectivity index is 0.000000243. The Bertz CT molecular complexity index is 1390. The normalized spacial score (nSPS) is 10.2. The summed E-state index contributed by atoms with van der Waals surface area (Å²) in [4.78, 5) is 30.6. The van der Waals surface area contributed by atoms with Gasteiger partial charge in [-0.3, -0.25) is 14.2 Å². The van der Waals surface area contributed by atoms with Crippen LogP contribution in [-0.4, -0.2) is 20.4 Å². The number of primary amides is 1. The van der Waals surface area contributed by atoms with Crippen molar-refractivity contribution in [3.63, 3.8) is 0 Å². The van der Waals surface area contributed by atoms with Crippen LogP contribution in [0.15, 0.2) is 65.7 Å². The molecule has 0 radical (unpaired) electrons. The van der Waals surface area contributed by atoms with Crippen molar-refractivity contribution >= 4 is 22.5 Å². The summed E-state index contributed by atoms with van der Waals surface area (Å²) in [6, 6.07) is 13.3. The first-order chi connectivity index (χ1) is 15.4. The summed E-state index contributed by atoms with van der Waals surface area (Å²) in [6.45, 7) is 1.98. The first kappa shape index (κ1) is 22.2. The summed E-state index contributed by atoms with van der Waals surface area (Å²) in [5.41, 5.74) is 12.1. The summed E-state index contributed by atoms with van der Waals surface area (Å²) < 4.78 is 14.7. The monoisotopic (exact) mass is 429 g/mol. The first-order valence-corrected chi connectivity index (χ1v) is 9.63. The second-order valence-electron chi connectivity index (χ2n) is 6.67. The van der Waals surface area contributed by atoms with Crippen molar-refractivity contribution in [3.05, 3.63) is 94.0 Å². The predicted octanol–water partition coefficient (Wildman–Crippen LogP) is 2.83. The van der Waals surface area contributed by atoms with Gasteiger partial charge in [-0.2, -0.15) is 0 Å². The molecule has 0 aliphatic rings. The summed E-state index contributed by atoms with van der Waals surface area (Å²) in [6.07, 6.45) is 8.95. The lowest BCUT2D eigenvalue weighted by atomic mass is 10.0. The van der Waals surface area contributed by atoms with E-state index in [-0.39, 0.29) is 22.9 Å². The van der Waals surface area contributed by atoms with Crippen molar-refractivity contribution in [2.75, 3.05) is 5.73 Å². The number of pyridine rings is 1. The Morgan fingerprint density at radius 2 is 1.84 bits per heavy atom. The third kappa shape index (κ3) is 4.47. The average molecular weight is 429 g/mol. The Hall–Kier alpha value is -4.51. The zero-order chi connectivity index (χ0) is 23.3. The quantitative estimate of drug-likeness (QED) is 0.486. The molecular weight excluding hydrogens is 409 g/mol. The number of anilines is 1. The minimum atomic E-state index is -0.661. The highest BCUT2D eigenvalue weighted by Gasteiger charge is 2.12. The van der Waals surface area contributed by atoms with Crippen molar-refractivity contribution in [1.82, 2.24) is 14.5 Å². The predicted molar refractivity (Wildman–Crippen MR) is 122 cm³/mol. The highest BCUT2D eigenvalue weighted by Crippen LogP contribution is 2.19.